The Morgan fingerprint density at radius 2 is 0.561 bits per heavy atom. The molecule has 2 nitrogen and oxygen atoms in total. The van der Waals surface area contributed by atoms with Crippen molar-refractivity contribution in [1.82, 2.24) is 9.80 Å². The highest BCUT2D eigenvalue weighted by molar-refractivity contribution is 4.97. The van der Waals surface area contributed by atoms with Crippen molar-refractivity contribution < 1.29 is 0 Å². The van der Waals surface area contributed by atoms with E-state index in [-0.39, 0.29) is 0 Å². The minimum absolute atomic E-state index is 0.641. The summed E-state index contributed by atoms with van der Waals surface area (Å²) in [5, 5.41) is 0. The van der Waals surface area contributed by atoms with Crippen LogP contribution in [0.15, 0.2) is 12.4 Å². The molecular formula is C39H78N2. The molecule has 0 aliphatic carbocycles. The van der Waals surface area contributed by atoms with Gasteiger partial charge in [0, 0.05) is 25.5 Å². The van der Waals surface area contributed by atoms with E-state index in [0.717, 1.165) is 0 Å². The first-order chi connectivity index (χ1) is 20.3. The number of unbranched alkanes of at least 4 members (excludes halogenated alkanes) is 27. The molecule has 0 aromatic carbocycles. The van der Waals surface area contributed by atoms with Crippen molar-refractivity contribution >= 4 is 0 Å². The smallest absolute Gasteiger partial charge is 0.101 e. The predicted octanol–water partition coefficient (Wildman–Crippen LogP) is 13.6. The number of rotatable bonds is 33. The second kappa shape index (κ2) is 30.8. The van der Waals surface area contributed by atoms with Crippen molar-refractivity contribution in [2.24, 2.45) is 0 Å². The quantitative estimate of drug-likeness (QED) is 0.0719. The highest BCUT2D eigenvalue weighted by atomic mass is 15.4. The summed E-state index contributed by atoms with van der Waals surface area (Å²) in [7, 11) is 0. The molecule has 1 aliphatic rings. The zero-order chi connectivity index (χ0) is 29.5. The van der Waals surface area contributed by atoms with Gasteiger partial charge in [0.15, 0.2) is 0 Å². The van der Waals surface area contributed by atoms with Gasteiger partial charge >= 0.3 is 0 Å². The fourth-order valence-electron chi connectivity index (χ4n) is 6.72. The third-order valence-corrected chi connectivity index (χ3v) is 9.57. The van der Waals surface area contributed by atoms with Crippen molar-refractivity contribution in [1.29, 1.82) is 0 Å². The first-order valence-electron chi connectivity index (χ1n) is 19.5. The maximum Gasteiger partial charge on any atom is 0.101 e. The summed E-state index contributed by atoms with van der Waals surface area (Å²) in [5.41, 5.74) is 0. The van der Waals surface area contributed by atoms with Gasteiger partial charge < -0.3 is 9.80 Å². The molecule has 41 heavy (non-hydrogen) atoms. The van der Waals surface area contributed by atoms with Crippen LogP contribution in [0.3, 0.4) is 0 Å². The lowest BCUT2D eigenvalue weighted by molar-refractivity contribution is 0.135. The maximum absolute atomic E-state index is 2.71. The third-order valence-electron chi connectivity index (χ3n) is 9.57. The van der Waals surface area contributed by atoms with Crippen molar-refractivity contribution in [3.8, 4) is 0 Å². The summed E-state index contributed by atoms with van der Waals surface area (Å²) in [6.07, 6.45) is 49.9. The van der Waals surface area contributed by atoms with Crippen LogP contribution in [-0.4, -0.2) is 29.1 Å². The molecule has 0 saturated carbocycles. The van der Waals surface area contributed by atoms with Gasteiger partial charge in [0.1, 0.15) is 6.17 Å². The van der Waals surface area contributed by atoms with Gasteiger partial charge in [-0.1, -0.05) is 194 Å². The van der Waals surface area contributed by atoms with Gasteiger partial charge in [-0.05, 0) is 25.7 Å². The molecule has 1 atom stereocenters. The molecule has 0 saturated heterocycles. The summed E-state index contributed by atoms with van der Waals surface area (Å²) in [4.78, 5) is 5.42. The molecule has 1 aliphatic heterocycles. The Balaban J connectivity index is 2.16. The van der Waals surface area contributed by atoms with Crippen molar-refractivity contribution in [2.45, 2.75) is 226 Å². The van der Waals surface area contributed by atoms with Crippen LogP contribution in [-0.2, 0) is 0 Å². The second-order valence-corrected chi connectivity index (χ2v) is 13.6. The molecule has 244 valence electrons. The molecule has 0 spiro atoms. The van der Waals surface area contributed by atoms with Crippen molar-refractivity contribution in [3.63, 3.8) is 0 Å². The van der Waals surface area contributed by atoms with Crippen LogP contribution < -0.4 is 0 Å². The van der Waals surface area contributed by atoms with Crippen LogP contribution in [0.4, 0.5) is 0 Å². The number of nitrogens with zero attached hydrogens (tertiary/aromatic N) is 2. The zero-order valence-corrected chi connectivity index (χ0v) is 29.0. The third kappa shape index (κ3) is 23.5. The lowest BCUT2D eigenvalue weighted by Gasteiger charge is -2.33. The zero-order valence-electron chi connectivity index (χ0n) is 29.0. The Morgan fingerprint density at radius 1 is 0.317 bits per heavy atom. The monoisotopic (exact) mass is 575 g/mol. The average molecular weight is 575 g/mol. The SMILES string of the molecule is CCCCCCCCCCCCCCCCCN1C=CN(CCCCCCCCC)C1CCCCCCCCCC. The van der Waals surface area contributed by atoms with E-state index in [4.69, 9.17) is 0 Å². The van der Waals surface area contributed by atoms with Gasteiger partial charge in [0.25, 0.3) is 0 Å². The summed E-state index contributed by atoms with van der Waals surface area (Å²) in [6, 6.07) is 0. The predicted molar refractivity (Wildman–Crippen MR) is 186 cm³/mol. The minimum atomic E-state index is 0.641. The van der Waals surface area contributed by atoms with Crippen LogP contribution in [0.2, 0.25) is 0 Å². The summed E-state index contributed by atoms with van der Waals surface area (Å²) < 4.78 is 0. The molecule has 1 heterocycles. The summed E-state index contributed by atoms with van der Waals surface area (Å²) in [6.45, 7) is 9.48. The number of hydrogen-bond acceptors (Lipinski definition) is 2. The van der Waals surface area contributed by atoms with Crippen LogP contribution in [0.25, 0.3) is 0 Å². The van der Waals surface area contributed by atoms with E-state index >= 15 is 0 Å². The second-order valence-electron chi connectivity index (χ2n) is 13.6. The lowest BCUT2D eigenvalue weighted by atomic mass is 10.0. The minimum Gasteiger partial charge on any atom is -0.356 e. The van der Waals surface area contributed by atoms with Crippen LogP contribution in [0, 0.1) is 0 Å². The molecule has 1 rings (SSSR count). The van der Waals surface area contributed by atoms with Crippen LogP contribution in [0.1, 0.15) is 220 Å². The average Bonchev–Trinajstić information content (AvgIpc) is 3.37. The van der Waals surface area contributed by atoms with Gasteiger partial charge in [0.2, 0.25) is 0 Å². The van der Waals surface area contributed by atoms with Gasteiger partial charge in [-0.15, -0.1) is 0 Å². The Hall–Kier alpha value is -0.660. The molecule has 0 fully saturated rings. The Morgan fingerprint density at radius 3 is 0.854 bits per heavy atom. The van der Waals surface area contributed by atoms with Gasteiger partial charge in [-0.3, -0.25) is 0 Å². The first-order valence-corrected chi connectivity index (χ1v) is 19.5. The standard InChI is InChI=1S/C39H78N2/c1-4-7-10-13-16-18-19-20-21-22-23-24-27-30-33-36-41-38-37-40(35-32-29-26-15-12-9-6-3)39(41)34-31-28-25-17-14-11-8-5-2/h37-39H,4-36H2,1-3H3. The first kappa shape index (κ1) is 38.4. The van der Waals surface area contributed by atoms with Crippen molar-refractivity contribution in [2.75, 3.05) is 13.1 Å². The Kier molecular flexibility index (Phi) is 28.8. The maximum atomic E-state index is 2.71. The van der Waals surface area contributed by atoms with E-state index in [1.807, 2.05) is 0 Å². The highest BCUT2D eigenvalue weighted by Gasteiger charge is 2.24. The summed E-state index contributed by atoms with van der Waals surface area (Å²) >= 11 is 0. The molecule has 0 radical (unpaired) electrons. The molecule has 0 bridgehead atoms. The molecule has 0 aromatic rings. The van der Waals surface area contributed by atoms with E-state index in [1.54, 1.807) is 0 Å². The molecular weight excluding hydrogens is 496 g/mol. The normalized spacial score (nSPS) is 15.0. The van der Waals surface area contributed by atoms with E-state index in [9.17, 15) is 0 Å². The van der Waals surface area contributed by atoms with E-state index in [1.165, 1.54) is 212 Å². The summed E-state index contributed by atoms with van der Waals surface area (Å²) in [5.74, 6) is 0. The Labute approximate surface area is 260 Å². The topological polar surface area (TPSA) is 6.48 Å². The lowest BCUT2D eigenvalue weighted by Crippen LogP contribution is -2.39. The van der Waals surface area contributed by atoms with Crippen LogP contribution in [0.5, 0.6) is 0 Å². The number of hydrogen-bond donors (Lipinski definition) is 0. The van der Waals surface area contributed by atoms with E-state index in [0.29, 0.717) is 6.17 Å². The van der Waals surface area contributed by atoms with Gasteiger partial charge in [0.05, 0.1) is 0 Å². The molecule has 0 N–H and O–H groups in total. The van der Waals surface area contributed by atoms with Gasteiger partial charge in [-0.2, -0.15) is 0 Å². The fourth-order valence-corrected chi connectivity index (χ4v) is 6.72. The molecule has 2 heteroatoms. The molecule has 1 unspecified atom stereocenters. The molecule has 0 aromatic heterocycles. The highest BCUT2D eigenvalue weighted by Crippen LogP contribution is 2.24. The Bertz CT molecular complexity index is 530. The van der Waals surface area contributed by atoms with E-state index in [2.05, 4.69) is 43.0 Å². The molecule has 0 amide bonds. The van der Waals surface area contributed by atoms with Crippen LogP contribution >= 0.6 is 0 Å². The van der Waals surface area contributed by atoms with E-state index < -0.39 is 0 Å². The van der Waals surface area contributed by atoms with Gasteiger partial charge in [-0.25, -0.2) is 0 Å². The largest absolute Gasteiger partial charge is 0.356 e. The fraction of sp³-hybridized carbons (Fsp3) is 0.949. The van der Waals surface area contributed by atoms with Crippen molar-refractivity contribution in [3.05, 3.63) is 12.4 Å².